The van der Waals surface area contributed by atoms with Crippen molar-refractivity contribution in [2.45, 2.75) is 92.9 Å². The molecule has 1 aliphatic rings. The second-order valence-electron chi connectivity index (χ2n) is 9.51. The first kappa shape index (κ1) is 22.2. The summed E-state index contributed by atoms with van der Waals surface area (Å²) in [7, 11) is 1.46. The molecule has 0 spiro atoms. The zero-order chi connectivity index (χ0) is 19.3. The molecule has 0 heterocycles. The molecule has 4 atom stereocenters. The highest BCUT2D eigenvalue weighted by Gasteiger charge is 2.48. The molecule has 1 aliphatic carbocycles. The van der Waals surface area contributed by atoms with Crippen LogP contribution in [0.3, 0.4) is 0 Å². The lowest BCUT2D eigenvalue weighted by atomic mass is 9.51. The van der Waals surface area contributed by atoms with Gasteiger partial charge in [0.1, 0.15) is 5.78 Å². The zero-order valence-corrected chi connectivity index (χ0v) is 17.6. The fourth-order valence-electron chi connectivity index (χ4n) is 5.16. The van der Waals surface area contributed by atoms with E-state index >= 15 is 0 Å². The maximum absolute atomic E-state index is 11.6. The summed E-state index contributed by atoms with van der Waals surface area (Å²) in [6.45, 7) is 13.5. The van der Waals surface area contributed by atoms with Gasteiger partial charge < -0.3 is 9.53 Å². The summed E-state index contributed by atoms with van der Waals surface area (Å²) in [5, 5.41) is 0. The average molecular weight is 353 g/mol. The highest BCUT2D eigenvalue weighted by molar-refractivity contribution is 5.75. The van der Waals surface area contributed by atoms with Crippen molar-refractivity contribution in [2.75, 3.05) is 7.11 Å². The van der Waals surface area contributed by atoms with Gasteiger partial charge in [0.25, 0.3) is 0 Å². The number of carbonyl (C=O) groups is 2. The van der Waals surface area contributed by atoms with Gasteiger partial charge in [-0.05, 0) is 67.6 Å². The van der Waals surface area contributed by atoms with E-state index in [1.54, 1.807) is 6.92 Å². The SMILES string of the molecule is COC(=O)C[C@@H](C)CC[C@H](C)[C@@]1(C)CCCC(C)(C)[C@@H]1CCC(C)=O. The molecule has 1 fully saturated rings. The number of ether oxygens (including phenoxy) is 1. The van der Waals surface area contributed by atoms with E-state index in [0.29, 0.717) is 41.8 Å². The highest BCUT2D eigenvalue weighted by Crippen LogP contribution is 2.57. The van der Waals surface area contributed by atoms with Gasteiger partial charge in [0.05, 0.1) is 7.11 Å². The quantitative estimate of drug-likeness (QED) is 0.492. The molecule has 0 bridgehead atoms. The van der Waals surface area contributed by atoms with Crippen LogP contribution in [0.4, 0.5) is 0 Å². The van der Waals surface area contributed by atoms with Crippen LogP contribution in [-0.4, -0.2) is 18.9 Å². The van der Waals surface area contributed by atoms with Crippen molar-refractivity contribution >= 4 is 11.8 Å². The predicted octanol–water partition coefficient (Wildman–Crippen LogP) is 5.80. The summed E-state index contributed by atoms with van der Waals surface area (Å²) in [4.78, 5) is 23.0. The number of esters is 1. The van der Waals surface area contributed by atoms with Gasteiger partial charge in [0, 0.05) is 12.8 Å². The van der Waals surface area contributed by atoms with Crippen molar-refractivity contribution in [2.24, 2.45) is 28.6 Å². The van der Waals surface area contributed by atoms with Crippen LogP contribution in [0, 0.1) is 28.6 Å². The molecule has 0 amide bonds. The Morgan fingerprint density at radius 1 is 1.12 bits per heavy atom. The Kier molecular flexibility index (Phi) is 8.15. The number of rotatable bonds is 9. The normalized spacial score (nSPS) is 28.2. The monoisotopic (exact) mass is 352 g/mol. The standard InChI is InChI=1S/C22H40O3/c1-16(15-20(24)25-7)9-10-17(2)22(6)14-8-13-21(4,5)19(22)12-11-18(3)23/h16-17,19H,8-15H2,1-7H3/t16-,17-,19-,22+/m0/s1. The molecule has 0 aliphatic heterocycles. The lowest BCUT2D eigenvalue weighted by Gasteiger charge is -2.54. The molecule has 3 heteroatoms. The van der Waals surface area contributed by atoms with E-state index in [1.807, 2.05) is 0 Å². The summed E-state index contributed by atoms with van der Waals surface area (Å²) in [6.07, 6.45) is 8.23. The van der Waals surface area contributed by atoms with Crippen LogP contribution < -0.4 is 0 Å². The third kappa shape index (κ3) is 6.11. The van der Waals surface area contributed by atoms with Gasteiger partial charge in [-0.1, -0.05) is 41.0 Å². The highest BCUT2D eigenvalue weighted by atomic mass is 16.5. The fraction of sp³-hybridized carbons (Fsp3) is 0.909. The molecule has 25 heavy (non-hydrogen) atoms. The summed E-state index contributed by atoms with van der Waals surface area (Å²) in [5.41, 5.74) is 0.580. The number of carbonyl (C=O) groups excluding carboxylic acids is 2. The molecule has 0 aromatic rings. The summed E-state index contributed by atoms with van der Waals surface area (Å²) in [5.74, 6) is 1.76. The van der Waals surface area contributed by atoms with E-state index in [4.69, 9.17) is 4.74 Å². The minimum atomic E-state index is -0.107. The summed E-state index contributed by atoms with van der Waals surface area (Å²) < 4.78 is 4.79. The van der Waals surface area contributed by atoms with Crippen LogP contribution in [0.1, 0.15) is 92.9 Å². The lowest BCUT2D eigenvalue weighted by Crippen LogP contribution is -2.46. The molecule has 1 rings (SSSR count). The van der Waals surface area contributed by atoms with E-state index in [9.17, 15) is 9.59 Å². The van der Waals surface area contributed by atoms with Crippen molar-refractivity contribution < 1.29 is 14.3 Å². The largest absolute Gasteiger partial charge is 0.469 e. The Bertz CT molecular complexity index is 454. The molecule has 1 saturated carbocycles. The molecule has 0 saturated heterocycles. The minimum Gasteiger partial charge on any atom is -0.469 e. The Labute approximate surface area is 155 Å². The second kappa shape index (κ2) is 9.19. The molecular formula is C22H40O3. The van der Waals surface area contributed by atoms with Gasteiger partial charge in [-0.15, -0.1) is 0 Å². The average Bonchev–Trinajstić information content (AvgIpc) is 2.50. The number of Topliss-reactive ketones (excluding diaryl/α,β-unsaturated/α-hetero) is 1. The topological polar surface area (TPSA) is 43.4 Å². The molecule has 0 aromatic heterocycles. The Morgan fingerprint density at radius 3 is 2.32 bits per heavy atom. The van der Waals surface area contributed by atoms with Crippen molar-refractivity contribution in [1.82, 2.24) is 0 Å². The third-order valence-electron chi connectivity index (χ3n) is 7.02. The lowest BCUT2D eigenvalue weighted by molar-refractivity contribution is -0.141. The first-order valence-corrected chi connectivity index (χ1v) is 10.1. The Morgan fingerprint density at radius 2 is 1.76 bits per heavy atom. The zero-order valence-electron chi connectivity index (χ0n) is 17.6. The molecule has 146 valence electrons. The van der Waals surface area contributed by atoms with Crippen molar-refractivity contribution in [1.29, 1.82) is 0 Å². The van der Waals surface area contributed by atoms with E-state index < -0.39 is 0 Å². The maximum Gasteiger partial charge on any atom is 0.305 e. The third-order valence-corrected chi connectivity index (χ3v) is 7.02. The summed E-state index contributed by atoms with van der Waals surface area (Å²) >= 11 is 0. The van der Waals surface area contributed by atoms with Crippen molar-refractivity contribution in [3.63, 3.8) is 0 Å². The smallest absolute Gasteiger partial charge is 0.305 e. The van der Waals surface area contributed by atoms with E-state index in [-0.39, 0.29) is 11.4 Å². The molecule has 0 N–H and O–H groups in total. The number of ketones is 1. The van der Waals surface area contributed by atoms with Crippen molar-refractivity contribution in [3.05, 3.63) is 0 Å². The second-order valence-corrected chi connectivity index (χ2v) is 9.51. The number of methoxy groups -OCH3 is 1. The van der Waals surface area contributed by atoms with E-state index in [1.165, 1.54) is 26.4 Å². The van der Waals surface area contributed by atoms with Crippen LogP contribution in [0.25, 0.3) is 0 Å². The summed E-state index contributed by atoms with van der Waals surface area (Å²) in [6, 6.07) is 0. The fourth-order valence-corrected chi connectivity index (χ4v) is 5.16. The van der Waals surface area contributed by atoms with Gasteiger partial charge >= 0.3 is 5.97 Å². The Hall–Kier alpha value is -0.860. The first-order chi connectivity index (χ1) is 11.5. The molecule has 0 radical (unpaired) electrons. The first-order valence-electron chi connectivity index (χ1n) is 10.1. The van der Waals surface area contributed by atoms with Gasteiger partial charge in [-0.2, -0.15) is 0 Å². The van der Waals surface area contributed by atoms with Gasteiger partial charge in [-0.3, -0.25) is 4.79 Å². The van der Waals surface area contributed by atoms with Crippen LogP contribution in [0.2, 0.25) is 0 Å². The van der Waals surface area contributed by atoms with E-state index in [0.717, 1.165) is 19.3 Å². The van der Waals surface area contributed by atoms with Gasteiger partial charge in [0.2, 0.25) is 0 Å². The van der Waals surface area contributed by atoms with Crippen molar-refractivity contribution in [3.8, 4) is 0 Å². The van der Waals surface area contributed by atoms with Crippen LogP contribution in [0.5, 0.6) is 0 Å². The van der Waals surface area contributed by atoms with Crippen LogP contribution in [0.15, 0.2) is 0 Å². The van der Waals surface area contributed by atoms with Crippen LogP contribution in [-0.2, 0) is 14.3 Å². The number of hydrogen-bond donors (Lipinski definition) is 0. The maximum atomic E-state index is 11.6. The van der Waals surface area contributed by atoms with E-state index in [2.05, 4.69) is 34.6 Å². The molecule has 0 unspecified atom stereocenters. The Balaban J connectivity index is 2.77. The minimum absolute atomic E-state index is 0.107. The predicted molar refractivity (Wildman–Crippen MR) is 103 cm³/mol. The molecular weight excluding hydrogens is 312 g/mol. The molecule has 0 aromatic carbocycles. The van der Waals surface area contributed by atoms with Crippen LogP contribution >= 0.6 is 0 Å². The van der Waals surface area contributed by atoms with Gasteiger partial charge in [0.15, 0.2) is 0 Å². The number of hydrogen-bond acceptors (Lipinski definition) is 3. The van der Waals surface area contributed by atoms with Gasteiger partial charge in [-0.25, -0.2) is 0 Å². The molecule has 3 nitrogen and oxygen atoms in total.